The molecule has 0 saturated heterocycles. The van der Waals surface area contributed by atoms with Gasteiger partial charge in [-0.3, -0.25) is 4.57 Å². The highest BCUT2D eigenvalue weighted by Crippen LogP contribution is 2.30. The van der Waals surface area contributed by atoms with E-state index in [0.717, 1.165) is 23.2 Å². The molecule has 0 aliphatic carbocycles. The van der Waals surface area contributed by atoms with Crippen LogP contribution in [0, 0.1) is 6.92 Å². The number of benzene rings is 2. The number of fused-ring (bicyclic) bond motifs is 1. The van der Waals surface area contributed by atoms with Gasteiger partial charge < -0.3 is 11.1 Å². The second kappa shape index (κ2) is 6.52. The van der Waals surface area contributed by atoms with Crippen LogP contribution in [0.4, 0.5) is 30.5 Å². The van der Waals surface area contributed by atoms with Gasteiger partial charge in [0.15, 0.2) is 0 Å². The molecule has 0 spiro atoms. The Morgan fingerprint density at radius 2 is 1.68 bits per heavy atom. The highest BCUT2D eigenvalue weighted by molar-refractivity contribution is 5.77. The fourth-order valence-electron chi connectivity index (χ4n) is 2.91. The van der Waals surface area contributed by atoms with Crippen molar-refractivity contribution in [3.8, 4) is 5.95 Å². The number of imidazole rings is 1. The monoisotopic (exact) mass is 384 g/mol. The Kier molecular flexibility index (Phi) is 4.14. The summed E-state index contributed by atoms with van der Waals surface area (Å²) < 4.78 is 39.9. The first-order chi connectivity index (χ1) is 13.3. The highest BCUT2D eigenvalue weighted by atomic mass is 19.4. The van der Waals surface area contributed by atoms with E-state index in [1.165, 1.54) is 18.2 Å². The van der Waals surface area contributed by atoms with Crippen LogP contribution in [0.3, 0.4) is 0 Å². The molecular weight excluding hydrogens is 369 g/mol. The van der Waals surface area contributed by atoms with Gasteiger partial charge >= 0.3 is 6.18 Å². The summed E-state index contributed by atoms with van der Waals surface area (Å²) in [6.45, 7) is 1.83. The van der Waals surface area contributed by atoms with Crippen molar-refractivity contribution >= 4 is 28.4 Å². The van der Waals surface area contributed by atoms with E-state index in [1.54, 1.807) is 4.57 Å². The molecule has 2 aromatic heterocycles. The van der Waals surface area contributed by atoms with Crippen molar-refractivity contribution in [2.75, 3.05) is 11.1 Å². The van der Waals surface area contributed by atoms with Gasteiger partial charge in [0.25, 0.3) is 0 Å². The molecule has 2 aromatic carbocycles. The molecular formula is C19H15F3N6. The number of para-hydroxylation sites is 2. The van der Waals surface area contributed by atoms with Crippen molar-refractivity contribution in [3.63, 3.8) is 0 Å². The number of rotatable bonds is 3. The fourth-order valence-corrected chi connectivity index (χ4v) is 2.91. The van der Waals surface area contributed by atoms with E-state index in [4.69, 9.17) is 5.73 Å². The maximum absolute atomic E-state index is 12.7. The van der Waals surface area contributed by atoms with Gasteiger partial charge in [0.2, 0.25) is 5.95 Å². The molecule has 0 radical (unpaired) electrons. The van der Waals surface area contributed by atoms with Crippen LogP contribution in [-0.2, 0) is 6.18 Å². The number of nitrogens with zero attached hydrogens (tertiary/aromatic N) is 4. The Morgan fingerprint density at radius 3 is 2.39 bits per heavy atom. The van der Waals surface area contributed by atoms with Crippen molar-refractivity contribution in [2.24, 2.45) is 0 Å². The molecule has 0 saturated carbocycles. The molecule has 0 amide bonds. The number of nitrogens with one attached hydrogen (secondary N) is 1. The van der Waals surface area contributed by atoms with Crippen molar-refractivity contribution in [1.82, 2.24) is 19.5 Å². The minimum Gasteiger partial charge on any atom is -0.383 e. The average molecular weight is 384 g/mol. The van der Waals surface area contributed by atoms with E-state index >= 15 is 0 Å². The van der Waals surface area contributed by atoms with Crippen molar-refractivity contribution in [2.45, 2.75) is 13.1 Å². The highest BCUT2D eigenvalue weighted by Gasteiger charge is 2.29. The summed E-state index contributed by atoms with van der Waals surface area (Å²) in [7, 11) is 0. The molecule has 0 fully saturated rings. The van der Waals surface area contributed by atoms with Crippen LogP contribution >= 0.6 is 0 Å². The number of nitrogen functional groups attached to an aromatic ring is 1. The van der Waals surface area contributed by atoms with Crippen molar-refractivity contribution in [1.29, 1.82) is 0 Å². The Morgan fingerprint density at radius 1 is 0.964 bits per heavy atom. The molecule has 0 unspecified atom stereocenters. The van der Waals surface area contributed by atoms with Gasteiger partial charge in [-0.15, -0.1) is 0 Å². The predicted molar refractivity (Wildman–Crippen MR) is 101 cm³/mol. The first-order valence-electron chi connectivity index (χ1n) is 8.34. The third kappa shape index (κ3) is 3.34. The summed E-state index contributed by atoms with van der Waals surface area (Å²) >= 11 is 0. The fraction of sp³-hybridized carbons (Fsp3) is 0.105. The smallest absolute Gasteiger partial charge is 0.383 e. The molecule has 4 rings (SSSR count). The maximum Gasteiger partial charge on any atom is 0.416 e. The van der Waals surface area contributed by atoms with E-state index in [2.05, 4.69) is 20.3 Å². The molecule has 142 valence electrons. The SMILES string of the molecule is Cc1nc2ccccc2n1-c1nc(N)cc(Nc2ccc(C(F)(F)F)cc2)n1. The van der Waals surface area contributed by atoms with E-state index in [1.807, 2.05) is 31.2 Å². The van der Waals surface area contributed by atoms with Crippen LogP contribution in [-0.4, -0.2) is 19.5 Å². The van der Waals surface area contributed by atoms with Crippen molar-refractivity contribution < 1.29 is 13.2 Å². The Hall–Kier alpha value is -3.62. The summed E-state index contributed by atoms with van der Waals surface area (Å²) in [6.07, 6.45) is -4.38. The van der Waals surface area contributed by atoms with Crippen LogP contribution in [0.15, 0.2) is 54.6 Å². The topological polar surface area (TPSA) is 81.7 Å². The Labute approximate surface area is 157 Å². The maximum atomic E-state index is 12.7. The predicted octanol–water partition coefficient (Wildman–Crippen LogP) is 4.47. The summed E-state index contributed by atoms with van der Waals surface area (Å²) in [5.74, 6) is 1.59. The number of aromatic nitrogens is 4. The Balaban J connectivity index is 1.71. The number of aryl methyl sites for hydroxylation is 1. The van der Waals surface area contributed by atoms with Gasteiger partial charge in [0.1, 0.15) is 17.5 Å². The third-order valence-electron chi connectivity index (χ3n) is 4.15. The number of alkyl halides is 3. The zero-order chi connectivity index (χ0) is 19.9. The summed E-state index contributed by atoms with van der Waals surface area (Å²) in [6, 6.07) is 13.7. The lowest BCUT2D eigenvalue weighted by atomic mass is 10.2. The van der Waals surface area contributed by atoms with Crippen LogP contribution in [0.5, 0.6) is 0 Å². The first-order valence-corrected chi connectivity index (χ1v) is 8.34. The minimum absolute atomic E-state index is 0.219. The lowest BCUT2D eigenvalue weighted by Crippen LogP contribution is -2.08. The van der Waals surface area contributed by atoms with Gasteiger partial charge in [-0.2, -0.15) is 23.1 Å². The molecule has 0 aliphatic rings. The third-order valence-corrected chi connectivity index (χ3v) is 4.15. The molecule has 9 heteroatoms. The minimum atomic E-state index is -4.38. The zero-order valence-electron chi connectivity index (χ0n) is 14.7. The molecule has 3 N–H and O–H groups in total. The van der Waals surface area contributed by atoms with E-state index in [-0.39, 0.29) is 5.82 Å². The van der Waals surface area contributed by atoms with Crippen LogP contribution in [0.25, 0.3) is 17.0 Å². The average Bonchev–Trinajstić information content (AvgIpc) is 2.96. The normalized spacial score (nSPS) is 11.7. The molecule has 6 nitrogen and oxygen atoms in total. The van der Waals surface area contributed by atoms with Gasteiger partial charge in [-0.1, -0.05) is 12.1 Å². The molecule has 2 heterocycles. The molecule has 28 heavy (non-hydrogen) atoms. The second-order valence-corrected chi connectivity index (χ2v) is 6.16. The zero-order valence-corrected chi connectivity index (χ0v) is 14.7. The second-order valence-electron chi connectivity index (χ2n) is 6.16. The number of nitrogens with two attached hydrogens (primary N) is 1. The Bertz CT molecular complexity index is 1150. The molecule has 0 atom stereocenters. The number of hydrogen-bond acceptors (Lipinski definition) is 5. The first kappa shape index (κ1) is 17.8. The van der Waals surface area contributed by atoms with Crippen LogP contribution < -0.4 is 11.1 Å². The summed E-state index contributed by atoms with van der Waals surface area (Å²) in [4.78, 5) is 13.2. The summed E-state index contributed by atoms with van der Waals surface area (Å²) in [5, 5.41) is 2.96. The number of halogens is 3. The molecule has 0 bridgehead atoms. The molecule has 4 aromatic rings. The quantitative estimate of drug-likeness (QED) is 0.545. The van der Waals surface area contributed by atoms with Crippen LogP contribution in [0.1, 0.15) is 11.4 Å². The van der Waals surface area contributed by atoms with Gasteiger partial charge in [-0.05, 0) is 43.3 Å². The van der Waals surface area contributed by atoms with Gasteiger partial charge in [0, 0.05) is 11.8 Å². The largest absolute Gasteiger partial charge is 0.416 e. The lowest BCUT2D eigenvalue weighted by molar-refractivity contribution is -0.137. The number of anilines is 3. The molecule has 0 aliphatic heterocycles. The van der Waals surface area contributed by atoms with Gasteiger partial charge in [0.05, 0.1) is 16.6 Å². The lowest BCUT2D eigenvalue weighted by Gasteiger charge is -2.11. The summed E-state index contributed by atoms with van der Waals surface area (Å²) in [5.41, 5.74) is 7.27. The standard InChI is InChI=1S/C19H15F3N6/c1-11-24-14-4-2-3-5-15(14)28(11)18-26-16(23)10-17(27-18)25-13-8-6-12(7-9-13)19(20,21)22/h2-10H,1H3,(H3,23,25,26,27). The van der Waals surface area contributed by atoms with Gasteiger partial charge in [-0.25, -0.2) is 4.98 Å². The van der Waals surface area contributed by atoms with Crippen LogP contribution in [0.2, 0.25) is 0 Å². The van der Waals surface area contributed by atoms with E-state index in [9.17, 15) is 13.2 Å². The number of hydrogen-bond donors (Lipinski definition) is 2. The van der Waals surface area contributed by atoms with E-state index < -0.39 is 11.7 Å². The van der Waals surface area contributed by atoms with Crippen molar-refractivity contribution in [3.05, 3.63) is 66.0 Å². The van der Waals surface area contributed by atoms with E-state index in [0.29, 0.717) is 23.3 Å².